The zero-order chi connectivity index (χ0) is 23.8. The summed E-state index contributed by atoms with van der Waals surface area (Å²) in [5.74, 6) is -0.830. The summed E-state index contributed by atoms with van der Waals surface area (Å²) in [6.07, 6.45) is 1.41. The number of hydrogen-bond donors (Lipinski definition) is 1. The van der Waals surface area contributed by atoms with Gasteiger partial charge in [0.05, 0.1) is 18.4 Å². The predicted octanol–water partition coefficient (Wildman–Crippen LogP) is 5.48. The summed E-state index contributed by atoms with van der Waals surface area (Å²) in [7, 11) is 0. The Morgan fingerprint density at radius 2 is 1.85 bits per heavy atom. The number of carbonyl (C=O) groups excluding carboxylic acids is 1. The van der Waals surface area contributed by atoms with E-state index >= 15 is 0 Å². The number of benzene rings is 3. The highest BCUT2D eigenvalue weighted by atomic mass is 35.5. The third-order valence-electron chi connectivity index (χ3n) is 5.50. The van der Waals surface area contributed by atoms with Gasteiger partial charge in [-0.25, -0.2) is 9.37 Å². The first-order chi connectivity index (χ1) is 16.4. The molecule has 0 spiro atoms. The standard InChI is InChI=1S/C25H17Cl2FN4O2/c26-16-5-3-6-18(10-16)30-22(33)13-32-21-9-8-17(28)11-19(21)23-24(32)25(34)31(14-29-23)12-15-4-1-2-7-20(15)27/h1-11,14H,12-13H2,(H,30,33). The summed E-state index contributed by atoms with van der Waals surface area (Å²) in [6, 6.07) is 18.1. The van der Waals surface area contributed by atoms with Crippen molar-refractivity contribution in [3.05, 3.63) is 105 Å². The Bertz CT molecular complexity index is 1630. The number of amides is 1. The van der Waals surface area contributed by atoms with Crippen LogP contribution in [0, 0.1) is 5.82 Å². The number of nitrogens with one attached hydrogen (secondary N) is 1. The van der Waals surface area contributed by atoms with E-state index in [1.165, 1.54) is 29.1 Å². The first kappa shape index (κ1) is 22.1. The quantitative estimate of drug-likeness (QED) is 0.351. The molecule has 0 aliphatic carbocycles. The van der Waals surface area contributed by atoms with E-state index in [4.69, 9.17) is 23.2 Å². The number of carbonyl (C=O) groups is 1. The SMILES string of the molecule is O=C(Cn1c2ccc(F)cc2c2ncn(Cc3ccccc3Cl)c(=O)c21)Nc1cccc(Cl)c1. The van der Waals surface area contributed by atoms with Crippen LogP contribution in [-0.4, -0.2) is 20.0 Å². The monoisotopic (exact) mass is 494 g/mol. The van der Waals surface area contributed by atoms with E-state index in [9.17, 15) is 14.0 Å². The van der Waals surface area contributed by atoms with Crippen molar-refractivity contribution in [1.29, 1.82) is 0 Å². The van der Waals surface area contributed by atoms with Crippen molar-refractivity contribution in [1.82, 2.24) is 14.1 Å². The zero-order valence-corrected chi connectivity index (χ0v) is 19.1. The van der Waals surface area contributed by atoms with E-state index < -0.39 is 5.82 Å². The Balaban J connectivity index is 1.62. The van der Waals surface area contributed by atoms with E-state index in [2.05, 4.69) is 10.3 Å². The molecule has 0 bridgehead atoms. The maximum atomic E-state index is 14.0. The molecule has 0 aliphatic rings. The Morgan fingerprint density at radius 1 is 1.03 bits per heavy atom. The molecule has 5 rings (SSSR count). The first-order valence-electron chi connectivity index (χ1n) is 10.4. The molecule has 170 valence electrons. The molecule has 1 amide bonds. The average molecular weight is 495 g/mol. The highest BCUT2D eigenvalue weighted by Gasteiger charge is 2.19. The van der Waals surface area contributed by atoms with Gasteiger partial charge in [-0.15, -0.1) is 0 Å². The first-order valence-corrected chi connectivity index (χ1v) is 11.1. The maximum Gasteiger partial charge on any atom is 0.278 e. The fraction of sp³-hybridized carbons (Fsp3) is 0.0800. The Labute approximate surface area is 203 Å². The minimum absolute atomic E-state index is 0.175. The molecule has 34 heavy (non-hydrogen) atoms. The number of anilines is 1. The topological polar surface area (TPSA) is 68.9 Å². The normalized spacial score (nSPS) is 11.3. The van der Waals surface area contributed by atoms with Crippen LogP contribution in [-0.2, 0) is 17.9 Å². The van der Waals surface area contributed by atoms with Crippen molar-refractivity contribution >= 4 is 56.7 Å². The molecule has 0 saturated heterocycles. The molecule has 0 saturated carbocycles. The summed E-state index contributed by atoms with van der Waals surface area (Å²) < 4.78 is 17.0. The number of nitrogens with zero attached hydrogens (tertiary/aromatic N) is 3. The Morgan fingerprint density at radius 3 is 2.65 bits per heavy atom. The van der Waals surface area contributed by atoms with E-state index in [-0.39, 0.29) is 30.1 Å². The molecular formula is C25H17Cl2FN4O2. The van der Waals surface area contributed by atoms with E-state index in [0.717, 1.165) is 5.56 Å². The molecule has 3 aromatic carbocycles. The number of halogens is 3. The fourth-order valence-corrected chi connectivity index (χ4v) is 4.36. The second-order valence-corrected chi connectivity index (χ2v) is 8.62. The molecular weight excluding hydrogens is 478 g/mol. The molecule has 0 atom stereocenters. The predicted molar refractivity (Wildman–Crippen MR) is 132 cm³/mol. The van der Waals surface area contributed by atoms with Gasteiger partial charge in [0.15, 0.2) is 0 Å². The molecule has 9 heteroatoms. The Kier molecular flexibility index (Phi) is 5.81. The highest BCUT2D eigenvalue weighted by Crippen LogP contribution is 2.27. The van der Waals surface area contributed by atoms with Crippen molar-refractivity contribution in [2.24, 2.45) is 0 Å². The molecule has 0 fully saturated rings. The second-order valence-electron chi connectivity index (χ2n) is 7.77. The number of fused-ring (bicyclic) bond motifs is 3. The lowest BCUT2D eigenvalue weighted by Gasteiger charge is -2.10. The van der Waals surface area contributed by atoms with Crippen LogP contribution in [0.3, 0.4) is 0 Å². The molecule has 1 N–H and O–H groups in total. The molecule has 0 aliphatic heterocycles. The van der Waals surface area contributed by atoms with Gasteiger partial charge in [0.2, 0.25) is 5.91 Å². The summed E-state index contributed by atoms with van der Waals surface area (Å²) in [5.41, 5.74) is 1.97. The molecule has 0 unspecified atom stereocenters. The lowest BCUT2D eigenvalue weighted by Crippen LogP contribution is -2.25. The largest absolute Gasteiger partial charge is 0.325 e. The van der Waals surface area contributed by atoms with Crippen molar-refractivity contribution < 1.29 is 9.18 Å². The van der Waals surface area contributed by atoms with Crippen LogP contribution in [0.2, 0.25) is 10.0 Å². The van der Waals surface area contributed by atoms with Crippen LogP contribution < -0.4 is 10.9 Å². The minimum atomic E-state index is -0.461. The van der Waals surface area contributed by atoms with Crippen LogP contribution in [0.25, 0.3) is 21.9 Å². The number of rotatable bonds is 5. The van der Waals surface area contributed by atoms with Crippen LogP contribution in [0.4, 0.5) is 10.1 Å². The summed E-state index contributed by atoms with van der Waals surface area (Å²) in [5, 5.41) is 4.24. The van der Waals surface area contributed by atoms with Gasteiger partial charge in [-0.3, -0.25) is 14.2 Å². The molecule has 2 heterocycles. The van der Waals surface area contributed by atoms with Crippen LogP contribution in [0.1, 0.15) is 5.56 Å². The van der Waals surface area contributed by atoms with Gasteiger partial charge < -0.3 is 9.88 Å². The van der Waals surface area contributed by atoms with E-state index in [0.29, 0.717) is 32.2 Å². The molecule has 0 radical (unpaired) electrons. The van der Waals surface area contributed by atoms with Crippen molar-refractivity contribution in [3.63, 3.8) is 0 Å². The number of aromatic nitrogens is 3. The van der Waals surface area contributed by atoms with Gasteiger partial charge in [0, 0.05) is 21.1 Å². The molecule has 5 aromatic rings. The van der Waals surface area contributed by atoms with Gasteiger partial charge in [-0.05, 0) is 48.0 Å². The van der Waals surface area contributed by atoms with Gasteiger partial charge >= 0.3 is 0 Å². The van der Waals surface area contributed by atoms with Gasteiger partial charge in [0.1, 0.15) is 23.4 Å². The van der Waals surface area contributed by atoms with Crippen LogP contribution >= 0.6 is 23.2 Å². The third kappa shape index (κ3) is 4.16. The number of hydrogen-bond acceptors (Lipinski definition) is 3. The highest BCUT2D eigenvalue weighted by molar-refractivity contribution is 6.31. The average Bonchev–Trinajstić information content (AvgIpc) is 3.10. The second kappa shape index (κ2) is 8.93. The third-order valence-corrected chi connectivity index (χ3v) is 6.10. The molecule has 2 aromatic heterocycles. The molecule has 6 nitrogen and oxygen atoms in total. The van der Waals surface area contributed by atoms with Crippen molar-refractivity contribution in [3.8, 4) is 0 Å². The van der Waals surface area contributed by atoms with Gasteiger partial charge in [-0.1, -0.05) is 47.5 Å². The van der Waals surface area contributed by atoms with Crippen molar-refractivity contribution in [2.75, 3.05) is 5.32 Å². The van der Waals surface area contributed by atoms with Gasteiger partial charge in [0.25, 0.3) is 5.56 Å². The van der Waals surface area contributed by atoms with Crippen LogP contribution in [0.15, 0.2) is 77.9 Å². The summed E-state index contributed by atoms with van der Waals surface area (Å²) >= 11 is 12.3. The van der Waals surface area contributed by atoms with Crippen molar-refractivity contribution in [2.45, 2.75) is 13.1 Å². The van der Waals surface area contributed by atoms with E-state index in [1.807, 2.05) is 12.1 Å². The smallest absolute Gasteiger partial charge is 0.278 e. The lowest BCUT2D eigenvalue weighted by molar-refractivity contribution is -0.116. The minimum Gasteiger partial charge on any atom is -0.325 e. The lowest BCUT2D eigenvalue weighted by atomic mass is 10.2. The Hall–Kier alpha value is -3.68. The summed E-state index contributed by atoms with van der Waals surface area (Å²) in [6.45, 7) is 0.0250. The summed E-state index contributed by atoms with van der Waals surface area (Å²) in [4.78, 5) is 30.8. The fourth-order valence-electron chi connectivity index (χ4n) is 3.97. The zero-order valence-electron chi connectivity index (χ0n) is 17.6. The van der Waals surface area contributed by atoms with E-state index in [1.54, 1.807) is 41.0 Å². The maximum absolute atomic E-state index is 14.0. The van der Waals surface area contributed by atoms with Gasteiger partial charge in [-0.2, -0.15) is 0 Å². The van der Waals surface area contributed by atoms with Crippen LogP contribution in [0.5, 0.6) is 0 Å².